The zero-order valence-corrected chi connectivity index (χ0v) is 16.5. The SMILES string of the molecule is CC1CCCN(C(N)=NCC(c2cccc(F)c2)N(C)C)C1.I. The average molecular weight is 434 g/mol. The molecule has 0 aromatic heterocycles. The molecule has 0 spiro atoms. The van der Waals surface area contributed by atoms with Gasteiger partial charge in [0.2, 0.25) is 0 Å². The topological polar surface area (TPSA) is 44.9 Å². The van der Waals surface area contributed by atoms with Gasteiger partial charge in [0.25, 0.3) is 0 Å². The number of benzene rings is 1. The fraction of sp³-hybridized carbons (Fsp3) is 0.588. The van der Waals surface area contributed by atoms with Crippen molar-refractivity contribution < 1.29 is 4.39 Å². The van der Waals surface area contributed by atoms with Crippen LogP contribution in [0.2, 0.25) is 0 Å². The van der Waals surface area contributed by atoms with E-state index in [2.05, 4.69) is 16.8 Å². The molecule has 1 aliphatic rings. The van der Waals surface area contributed by atoms with Crippen LogP contribution >= 0.6 is 24.0 Å². The van der Waals surface area contributed by atoms with Crippen LogP contribution in [0.3, 0.4) is 0 Å². The highest BCUT2D eigenvalue weighted by atomic mass is 127. The van der Waals surface area contributed by atoms with E-state index in [9.17, 15) is 4.39 Å². The lowest BCUT2D eigenvalue weighted by atomic mass is 10.0. The number of nitrogens with two attached hydrogens (primary N) is 1. The van der Waals surface area contributed by atoms with Gasteiger partial charge in [-0.25, -0.2) is 4.39 Å². The minimum absolute atomic E-state index is 0. The number of likely N-dealkylation sites (tertiary alicyclic amines) is 1. The summed E-state index contributed by atoms with van der Waals surface area (Å²) in [4.78, 5) is 8.77. The van der Waals surface area contributed by atoms with Crippen LogP contribution in [0.4, 0.5) is 4.39 Å². The largest absolute Gasteiger partial charge is 0.370 e. The molecule has 1 aromatic rings. The van der Waals surface area contributed by atoms with Gasteiger partial charge in [-0.05, 0) is 50.6 Å². The lowest BCUT2D eigenvalue weighted by Gasteiger charge is -2.32. The second-order valence-corrected chi connectivity index (χ2v) is 6.43. The number of piperidine rings is 1. The molecule has 0 saturated carbocycles. The molecule has 2 rings (SSSR count). The third kappa shape index (κ3) is 5.91. The smallest absolute Gasteiger partial charge is 0.191 e. The van der Waals surface area contributed by atoms with Gasteiger partial charge in [0, 0.05) is 13.1 Å². The van der Waals surface area contributed by atoms with Crippen LogP contribution < -0.4 is 5.73 Å². The van der Waals surface area contributed by atoms with Crippen LogP contribution in [0.25, 0.3) is 0 Å². The molecule has 130 valence electrons. The van der Waals surface area contributed by atoms with E-state index in [0.717, 1.165) is 18.7 Å². The first kappa shape index (κ1) is 20.2. The number of likely N-dealkylation sites (N-methyl/N-ethyl adjacent to an activating group) is 1. The molecule has 23 heavy (non-hydrogen) atoms. The Kier molecular flexibility index (Phi) is 8.25. The number of hydrogen-bond donors (Lipinski definition) is 1. The second-order valence-electron chi connectivity index (χ2n) is 6.43. The number of nitrogens with zero attached hydrogens (tertiary/aromatic N) is 3. The van der Waals surface area contributed by atoms with E-state index >= 15 is 0 Å². The molecule has 4 nitrogen and oxygen atoms in total. The van der Waals surface area contributed by atoms with Gasteiger partial charge in [-0.2, -0.15) is 0 Å². The highest BCUT2D eigenvalue weighted by molar-refractivity contribution is 14.0. The third-order valence-corrected chi connectivity index (χ3v) is 4.26. The predicted molar refractivity (Wildman–Crippen MR) is 105 cm³/mol. The van der Waals surface area contributed by atoms with E-state index in [0.29, 0.717) is 18.4 Å². The summed E-state index contributed by atoms with van der Waals surface area (Å²) in [6.45, 7) is 4.73. The van der Waals surface area contributed by atoms with Crippen molar-refractivity contribution in [1.29, 1.82) is 0 Å². The van der Waals surface area contributed by atoms with Gasteiger partial charge in [-0.1, -0.05) is 19.1 Å². The van der Waals surface area contributed by atoms with Gasteiger partial charge in [0.1, 0.15) is 5.82 Å². The summed E-state index contributed by atoms with van der Waals surface area (Å²) < 4.78 is 13.4. The molecular weight excluding hydrogens is 406 g/mol. The van der Waals surface area contributed by atoms with Crippen molar-refractivity contribution in [2.24, 2.45) is 16.6 Å². The van der Waals surface area contributed by atoms with Crippen LogP contribution in [0.1, 0.15) is 31.4 Å². The molecular formula is C17H28FIN4. The van der Waals surface area contributed by atoms with Gasteiger partial charge >= 0.3 is 0 Å². The standard InChI is InChI=1S/C17H27FN4.HI/c1-13-6-5-9-22(12-13)17(19)20-11-16(21(2)3)14-7-4-8-15(18)10-14;/h4,7-8,10,13,16H,5-6,9,11-12H2,1-3H3,(H2,19,20);1H. The molecule has 1 heterocycles. The Bertz CT molecular complexity index is 521. The fourth-order valence-corrected chi connectivity index (χ4v) is 2.96. The Balaban J connectivity index is 0.00000264. The molecule has 1 aliphatic heterocycles. The van der Waals surface area contributed by atoms with E-state index in [4.69, 9.17) is 5.73 Å². The Hall–Kier alpha value is -0.890. The van der Waals surface area contributed by atoms with Crippen molar-refractivity contribution in [3.63, 3.8) is 0 Å². The molecule has 1 fully saturated rings. The number of halogens is 2. The quantitative estimate of drug-likeness (QED) is 0.450. The second kappa shape index (κ2) is 9.42. The fourth-order valence-electron chi connectivity index (χ4n) is 2.96. The van der Waals surface area contributed by atoms with Crippen molar-refractivity contribution in [2.45, 2.75) is 25.8 Å². The zero-order valence-electron chi connectivity index (χ0n) is 14.2. The molecule has 0 aliphatic carbocycles. The van der Waals surface area contributed by atoms with Crippen LogP contribution in [0.15, 0.2) is 29.3 Å². The maximum Gasteiger partial charge on any atom is 0.191 e. The minimum atomic E-state index is -0.217. The van der Waals surface area contributed by atoms with Crippen LogP contribution in [0, 0.1) is 11.7 Å². The van der Waals surface area contributed by atoms with Crippen molar-refractivity contribution in [2.75, 3.05) is 33.7 Å². The average Bonchev–Trinajstić information content (AvgIpc) is 2.47. The zero-order chi connectivity index (χ0) is 16.1. The summed E-state index contributed by atoms with van der Waals surface area (Å²) in [6.07, 6.45) is 2.42. The first-order valence-electron chi connectivity index (χ1n) is 7.94. The van der Waals surface area contributed by atoms with E-state index < -0.39 is 0 Å². The predicted octanol–water partition coefficient (Wildman–Crippen LogP) is 3.09. The molecule has 6 heteroatoms. The Labute approximate surface area is 156 Å². The molecule has 0 radical (unpaired) electrons. The van der Waals surface area contributed by atoms with Gasteiger partial charge in [-0.3, -0.25) is 4.99 Å². The van der Waals surface area contributed by atoms with Gasteiger partial charge in [-0.15, -0.1) is 24.0 Å². The van der Waals surface area contributed by atoms with Crippen LogP contribution in [-0.4, -0.2) is 49.5 Å². The van der Waals surface area contributed by atoms with Crippen molar-refractivity contribution in [3.8, 4) is 0 Å². The molecule has 2 atom stereocenters. The van der Waals surface area contributed by atoms with Gasteiger partial charge in [0.15, 0.2) is 5.96 Å². The Morgan fingerprint density at radius 3 is 2.83 bits per heavy atom. The van der Waals surface area contributed by atoms with Crippen molar-refractivity contribution in [1.82, 2.24) is 9.80 Å². The highest BCUT2D eigenvalue weighted by Crippen LogP contribution is 2.20. The Morgan fingerprint density at radius 1 is 1.48 bits per heavy atom. The first-order valence-corrected chi connectivity index (χ1v) is 7.94. The summed E-state index contributed by atoms with van der Waals surface area (Å²) in [6, 6.07) is 6.72. The summed E-state index contributed by atoms with van der Waals surface area (Å²) in [7, 11) is 3.95. The summed E-state index contributed by atoms with van der Waals surface area (Å²) >= 11 is 0. The summed E-state index contributed by atoms with van der Waals surface area (Å²) in [5.41, 5.74) is 7.07. The lowest BCUT2D eigenvalue weighted by Crippen LogP contribution is -2.43. The molecule has 1 saturated heterocycles. The number of hydrogen-bond acceptors (Lipinski definition) is 2. The minimum Gasteiger partial charge on any atom is -0.370 e. The molecule has 2 unspecified atom stereocenters. The molecule has 1 aromatic carbocycles. The number of rotatable bonds is 4. The third-order valence-electron chi connectivity index (χ3n) is 4.26. The van der Waals surface area contributed by atoms with E-state index in [-0.39, 0.29) is 35.8 Å². The maximum absolute atomic E-state index is 13.4. The van der Waals surface area contributed by atoms with E-state index in [1.54, 1.807) is 12.1 Å². The molecule has 0 amide bonds. The number of aliphatic imine (C=N–C) groups is 1. The van der Waals surface area contributed by atoms with E-state index in [1.807, 2.05) is 25.1 Å². The lowest BCUT2D eigenvalue weighted by molar-refractivity contribution is 0.267. The van der Waals surface area contributed by atoms with Crippen molar-refractivity contribution >= 4 is 29.9 Å². The molecule has 0 bridgehead atoms. The van der Waals surface area contributed by atoms with Gasteiger partial charge < -0.3 is 15.5 Å². The Morgan fingerprint density at radius 2 is 2.22 bits per heavy atom. The summed E-state index contributed by atoms with van der Waals surface area (Å²) in [5.74, 6) is 1.05. The van der Waals surface area contributed by atoms with E-state index in [1.165, 1.54) is 18.9 Å². The maximum atomic E-state index is 13.4. The molecule has 2 N–H and O–H groups in total. The summed E-state index contributed by atoms with van der Waals surface area (Å²) in [5, 5.41) is 0. The normalized spacial score (nSPS) is 20.3. The first-order chi connectivity index (χ1) is 10.5. The van der Waals surface area contributed by atoms with Crippen LogP contribution in [0.5, 0.6) is 0 Å². The van der Waals surface area contributed by atoms with Gasteiger partial charge in [0.05, 0.1) is 12.6 Å². The monoisotopic (exact) mass is 434 g/mol. The number of guanidine groups is 1. The van der Waals surface area contributed by atoms with Crippen LogP contribution in [-0.2, 0) is 0 Å². The highest BCUT2D eigenvalue weighted by Gasteiger charge is 2.19. The van der Waals surface area contributed by atoms with Crippen molar-refractivity contribution in [3.05, 3.63) is 35.6 Å².